The average molecular weight is 327 g/mol. The Morgan fingerprint density at radius 3 is 2.79 bits per heavy atom. The maximum Gasteiger partial charge on any atom is 0.344 e. The van der Waals surface area contributed by atoms with Crippen molar-refractivity contribution in [3.05, 3.63) is 48.7 Å². The first-order valence-electron chi connectivity index (χ1n) is 7.49. The summed E-state index contributed by atoms with van der Waals surface area (Å²) in [6.45, 7) is 1.81. The summed E-state index contributed by atoms with van der Waals surface area (Å²) in [5, 5.41) is 16.9. The number of carbonyl (C=O) groups excluding carboxylic acids is 1. The molecule has 0 fully saturated rings. The second-order valence-corrected chi connectivity index (χ2v) is 4.98. The highest BCUT2D eigenvalue weighted by Gasteiger charge is 2.16. The van der Waals surface area contributed by atoms with Gasteiger partial charge in [-0.05, 0) is 43.3 Å². The van der Waals surface area contributed by atoms with E-state index in [4.69, 9.17) is 9.47 Å². The number of rotatable bonds is 6. The topological polar surface area (TPSA) is 85.1 Å². The predicted molar refractivity (Wildman–Crippen MR) is 88.7 cm³/mol. The van der Waals surface area contributed by atoms with Crippen LogP contribution in [0.2, 0.25) is 0 Å². The van der Waals surface area contributed by atoms with E-state index in [1.54, 1.807) is 41.9 Å². The fraction of sp³-hybridized carbons (Fsp3) is 0.176. The molecule has 2 aromatic heterocycles. The molecule has 7 heteroatoms. The van der Waals surface area contributed by atoms with Gasteiger partial charge in [0.15, 0.2) is 6.61 Å². The maximum absolute atomic E-state index is 11.5. The van der Waals surface area contributed by atoms with Crippen molar-refractivity contribution in [3.8, 4) is 11.6 Å². The van der Waals surface area contributed by atoms with Gasteiger partial charge in [0.1, 0.15) is 11.4 Å². The number of esters is 1. The molecule has 0 spiro atoms. The molecule has 0 unspecified atom stereocenters. The van der Waals surface area contributed by atoms with Crippen molar-refractivity contribution in [1.82, 2.24) is 9.61 Å². The molecule has 0 aliphatic rings. The van der Waals surface area contributed by atoms with Gasteiger partial charge in [-0.3, -0.25) is 0 Å². The zero-order valence-electron chi connectivity index (χ0n) is 13.1. The second kappa shape index (κ2) is 6.91. The number of hydrogen-bond donors (Lipinski definition) is 2. The van der Waals surface area contributed by atoms with E-state index >= 15 is 0 Å². The van der Waals surface area contributed by atoms with E-state index in [0.717, 1.165) is 11.2 Å². The molecule has 24 heavy (non-hydrogen) atoms. The highest BCUT2D eigenvalue weighted by Crippen LogP contribution is 2.32. The van der Waals surface area contributed by atoms with Gasteiger partial charge in [-0.25, -0.2) is 9.31 Å². The van der Waals surface area contributed by atoms with Crippen LogP contribution in [0.25, 0.3) is 5.52 Å². The van der Waals surface area contributed by atoms with Crippen LogP contribution in [-0.2, 0) is 9.53 Å². The van der Waals surface area contributed by atoms with Crippen LogP contribution in [0.4, 0.5) is 11.4 Å². The fourth-order valence-corrected chi connectivity index (χ4v) is 2.21. The standard InChI is InChI=1S/C17H17N3O4/c1-2-23-15(22)11-24-17-16(14-5-3-4-10-20(14)19-17)18-12-6-8-13(21)9-7-12/h3-10,18,21H,2,11H2,1H3. The minimum atomic E-state index is -0.454. The lowest BCUT2D eigenvalue weighted by atomic mass is 10.3. The number of nitrogens with one attached hydrogen (secondary N) is 1. The number of aromatic nitrogens is 2. The molecule has 0 aliphatic carbocycles. The lowest BCUT2D eigenvalue weighted by Crippen LogP contribution is -2.15. The third-order valence-electron chi connectivity index (χ3n) is 3.28. The molecule has 3 rings (SSSR count). The molecule has 2 N–H and O–H groups in total. The summed E-state index contributed by atoms with van der Waals surface area (Å²) in [7, 11) is 0. The van der Waals surface area contributed by atoms with Gasteiger partial charge in [-0.2, -0.15) is 0 Å². The number of ether oxygens (including phenoxy) is 2. The smallest absolute Gasteiger partial charge is 0.344 e. The molecule has 0 amide bonds. The average Bonchev–Trinajstić information content (AvgIpc) is 2.93. The van der Waals surface area contributed by atoms with Crippen LogP contribution in [-0.4, -0.2) is 33.9 Å². The third-order valence-corrected chi connectivity index (χ3v) is 3.28. The van der Waals surface area contributed by atoms with Crippen molar-refractivity contribution in [2.24, 2.45) is 0 Å². The zero-order valence-corrected chi connectivity index (χ0v) is 13.1. The van der Waals surface area contributed by atoms with E-state index < -0.39 is 5.97 Å². The number of carbonyl (C=O) groups is 1. The van der Waals surface area contributed by atoms with E-state index in [1.807, 2.05) is 18.2 Å². The number of anilines is 2. The monoisotopic (exact) mass is 327 g/mol. The summed E-state index contributed by atoms with van der Waals surface area (Å²) in [6.07, 6.45) is 1.79. The van der Waals surface area contributed by atoms with Gasteiger partial charge < -0.3 is 19.9 Å². The molecular weight excluding hydrogens is 310 g/mol. The summed E-state index contributed by atoms with van der Waals surface area (Å²) >= 11 is 0. The summed E-state index contributed by atoms with van der Waals surface area (Å²) < 4.78 is 12.0. The van der Waals surface area contributed by atoms with Gasteiger partial charge in [0.2, 0.25) is 0 Å². The van der Waals surface area contributed by atoms with Gasteiger partial charge in [-0.15, -0.1) is 5.10 Å². The number of nitrogens with zero attached hydrogens (tertiary/aromatic N) is 2. The number of phenols is 1. The van der Waals surface area contributed by atoms with Crippen molar-refractivity contribution >= 4 is 22.9 Å². The lowest BCUT2D eigenvalue weighted by molar-refractivity contribution is -0.145. The van der Waals surface area contributed by atoms with Crippen molar-refractivity contribution in [2.45, 2.75) is 6.92 Å². The predicted octanol–water partition coefficient (Wildman–Crippen LogP) is 2.73. The van der Waals surface area contributed by atoms with E-state index in [2.05, 4.69) is 10.4 Å². The zero-order chi connectivity index (χ0) is 16.9. The quantitative estimate of drug-likeness (QED) is 0.535. The number of phenolic OH excluding ortho intramolecular Hbond substituents is 1. The van der Waals surface area contributed by atoms with Crippen molar-refractivity contribution < 1.29 is 19.4 Å². The number of aromatic hydroxyl groups is 1. The fourth-order valence-electron chi connectivity index (χ4n) is 2.21. The molecule has 0 aliphatic heterocycles. The molecule has 0 atom stereocenters. The minimum absolute atomic E-state index is 0.180. The van der Waals surface area contributed by atoms with Crippen LogP contribution in [0.5, 0.6) is 11.6 Å². The Hall–Kier alpha value is -3.22. The molecule has 0 bridgehead atoms. The summed E-state index contributed by atoms with van der Waals surface area (Å²) in [5.74, 6) is 0.0201. The Morgan fingerprint density at radius 1 is 1.25 bits per heavy atom. The highest BCUT2D eigenvalue weighted by atomic mass is 16.6. The second-order valence-electron chi connectivity index (χ2n) is 4.98. The number of hydrogen-bond acceptors (Lipinski definition) is 6. The normalized spacial score (nSPS) is 10.5. The molecule has 0 radical (unpaired) electrons. The molecule has 1 aromatic carbocycles. The van der Waals surface area contributed by atoms with E-state index in [9.17, 15) is 9.90 Å². The van der Waals surface area contributed by atoms with E-state index in [1.165, 1.54) is 0 Å². The van der Waals surface area contributed by atoms with Crippen LogP contribution in [0.3, 0.4) is 0 Å². The first-order chi connectivity index (χ1) is 11.7. The molecule has 2 heterocycles. The third kappa shape index (κ3) is 3.40. The Kier molecular flexibility index (Phi) is 4.51. The molecular formula is C17H17N3O4. The molecule has 3 aromatic rings. The number of fused-ring (bicyclic) bond motifs is 1. The number of benzene rings is 1. The van der Waals surface area contributed by atoms with Gasteiger partial charge in [0.05, 0.1) is 12.1 Å². The van der Waals surface area contributed by atoms with E-state index in [0.29, 0.717) is 18.2 Å². The maximum atomic E-state index is 11.5. The Bertz CT molecular complexity index is 843. The Morgan fingerprint density at radius 2 is 2.04 bits per heavy atom. The summed E-state index contributed by atoms with van der Waals surface area (Å²) in [4.78, 5) is 11.5. The first kappa shape index (κ1) is 15.7. The van der Waals surface area contributed by atoms with Crippen LogP contribution in [0.15, 0.2) is 48.7 Å². The summed E-state index contributed by atoms with van der Waals surface area (Å²) in [5.41, 5.74) is 2.18. The number of pyridine rings is 1. The van der Waals surface area contributed by atoms with Gasteiger partial charge in [0.25, 0.3) is 5.88 Å². The largest absolute Gasteiger partial charge is 0.508 e. The minimum Gasteiger partial charge on any atom is -0.508 e. The molecule has 0 saturated carbocycles. The Labute approximate surface area is 138 Å². The van der Waals surface area contributed by atoms with Crippen molar-refractivity contribution in [1.29, 1.82) is 0 Å². The van der Waals surface area contributed by atoms with Crippen molar-refractivity contribution in [2.75, 3.05) is 18.5 Å². The lowest BCUT2D eigenvalue weighted by Gasteiger charge is -2.08. The van der Waals surface area contributed by atoms with Crippen LogP contribution in [0.1, 0.15) is 6.92 Å². The Balaban J connectivity index is 1.89. The van der Waals surface area contributed by atoms with E-state index in [-0.39, 0.29) is 12.4 Å². The van der Waals surface area contributed by atoms with Crippen molar-refractivity contribution in [3.63, 3.8) is 0 Å². The van der Waals surface area contributed by atoms with Crippen LogP contribution in [0, 0.1) is 0 Å². The van der Waals surface area contributed by atoms with Crippen LogP contribution >= 0.6 is 0 Å². The highest BCUT2D eigenvalue weighted by molar-refractivity contribution is 5.82. The SMILES string of the molecule is CCOC(=O)COc1nn2ccccc2c1Nc1ccc(O)cc1. The van der Waals surface area contributed by atoms with Gasteiger partial charge >= 0.3 is 5.97 Å². The van der Waals surface area contributed by atoms with Gasteiger partial charge in [0, 0.05) is 11.9 Å². The molecule has 0 saturated heterocycles. The first-order valence-corrected chi connectivity index (χ1v) is 7.49. The molecule has 7 nitrogen and oxygen atoms in total. The summed E-state index contributed by atoms with van der Waals surface area (Å²) in [6, 6.07) is 12.2. The van der Waals surface area contributed by atoms with Gasteiger partial charge in [-0.1, -0.05) is 6.07 Å². The molecule has 124 valence electrons. The van der Waals surface area contributed by atoms with Crippen LogP contribution < -0.4 is 10.1 Å².